The molecule has 0 bridgehead atoms. The molecule has 0 spiro atoms. The molecule has 0 aliphatic rings. The smallest absolute Gasteiger partial charge is 0.255 e. The second-order valence-corrected chi connectivity index (χ2v) is 6.54. The fraction of sp³-hybridized carbons (Fsp3) is 0.0714. The van der Waals surface area contributed by atoms with Crippen molar-refractivity contribution in [2.24, 2.45) is 5.14 Å². The number of benzene rings is 2. The van der Waals surface area contributed by atoms with E-state index in [4.69, 9.17) is 16.7 Å². The van der Waals surface area contributed by atoms with Crippen LogP contribution < -0.4 is 10.5 Å². The SMILES string of the molecule is Cc1ccc(F)cc1NC(=O)c1ccc(Cl)c(S(N)(=O)=O)c1. The topological polar surface area (TPSA) is 89.3 Å². The van der Waals surface area contributed by atoms with E-state index in [0.29, 0.717) is 5.56 Å². The number of hydrogen-bond acceptors (Lipinski definition) is 3. The van der Waals surface area contributed by atoms with Gasteiger partial charge in [-0.1, -0.05) is 17.7 Å². The number of nitrogens with two attached hydrogens (primary N) is 1. The lowest BCUT2D eigenvalue weighted by Gasteiger charge is -2.10. The molecule has 2 rings (SSSR count). The largest absolute Gasteiger partial charge is 0.322 e. The molecule has 0 atom stereocenters. The van der Waals surface area contributed by atoms with Gasteiger partial charge in [0.1, 0.15) is 10.7 Å². The Labute approximate surface area is 131 Å². The second kappa shape index (κ2) is 6.04. The van der Waals surface area contributed by atoms with Crippen LogP contribution in [0.5, 0.6) is 0 Å². The number of rotatable bonds is 3. The van der Waals surface area contributed by atoms with Crippen molar-refractivity contribution in [1.29, 1.82) is 0 Å². The van der Waals surface area contributed by atoms with Crippen LogP contribution in [0, 0.1) is 12.7 Å². The lowest BCUT2D eigenvalue weighted by atomic mass is 10.1. The van der Waals surface area contributed by atoms with Crippen molar-refractivity contribution in [2.45, 2.75) is 11.8 Å². The number of carbonyl (C=O) groups is 1. The van der Waals surface area contributed by atoms with E-state index in [1.165, 1.54) is 30.3 Å². The number of hydrogen-bond donors (Lipinski definition) is 2. The minimum Gasteiger partial charge on any atom is -0.322 e. The third-order valence-electron chi connectivity index (χ3n) is 2.95. The van der Waals surface area contributed by atoms with E-state index >= 15 is 0 Å². The molecular weight excluding hydrogens is 331 g/mol. The molecule has 8 heteroatoms. The number of amides is 1. The van der Waals surface area contributed by atoms with Gasteiger partial charge in [0, 0.05) is 11.3 Å². The predicted octanol–water partition coefficient (Wildman–Crippen LogP) is 2.69. The van der Waals surface area contributed by atoms with Crippen molar-refractivity contribution >= 4 is 33.2 Å². The first-order valence-electron chi connectivity index (χ1n) is 6.08. The fourth-order valence-corrected chi connectivity index (χ4v) is 2.86. The number of carbonyl (C=O) groups excluding carboxylic acids is 1. The zero-order valence-corrected chi connectivity index (χ0v) is 13.0. The molecule has 2 aromatic rings. The van der Waals surface area contributed by atoms with Gasteiger partial charge in [-0.25, -0.2) is 17.9 Å². The summed E-state index contributed by atoms with van der Waals surface area (Å²) in [5.74, 6) is -1.10. The molecule has 0 saturated heterocycles. The molecule has 22 heavy (non-hydrogen) atoms. The molecule has 0 heterocycles. The van der Waals surface area contributed by atoms with Crippen molar-refractivity contribution in [3.05, 3.63) is 58.4 Å². The first-order chi connectivity index (χ1) is 10.2. The van der Waals surface area contributed by atoms with E-state index in [9.17, 15) is 17.6 Å². The number of nitrogens with one attached hydrogen (secondary N) is 1. The predicted molar refractivity (Wildman–Crippen MR) is 81.9 cm³/mol. The summed E-state index contributed by atoms with van der Waals surface area (Å²) in [4.78, 5) is 11.8. The zero-order valence-electron chi connectivity index (χ0n) is 11.4. The van der Waals surface area contributed by atoms with Gasteiger partial charge >= 0.3 is 0 Å². The highest BCUT2D eigenvalue weighted by molar-refractivity contribution is 7.89. The molecule has 0 fully saturated rings. The highest BCUT2D eigenvalue weighted by Gasteiger charge is 2.17. The van der Waals surface area contributed by atoms with E-state index < -0.39 is 21.7 Å². The number of sulfonamides is 1. The van der Waals surface area contributed by atoms with Crippen LogP contribution in [0.3, 0.4) is 0 Å². The summed E-state index contributed by atoms with van der Waals surface area (Å²) in [6, 6.07) is 7.63. The van der Waals surface area contributed by atoms with Crippen molar-refractivity contribution in [3.63, 3.8) is 0 Å². The van der Waals surface area contributed by atoms with Gasteiger partial charge in [-0.05, 0) is 42.8 Å². The number of primary sulfonamides is 1. The number of halogens is 2. The Hall–Kier alpha value is -1.96. The summed E-state index contributed by atoms with van der Waals surface area (Å²) in [5, 5.41) is 7.46. The summed E-state index contributed by atoms with van der Waals surface area (Å²) in [7, 11) is -4.05. The minimum absolute atomic E-state index is 0.0390. The van der Waals surface area contributed by atoms with Gasteiger partial charge in [-0.3, -0.25) is 4.79 Å². The third-order valence-corrected chi connectivity index (χ3v) is 4.34. The summed E-state index contributed by atoms with van der Waals surface area (Å²) in [6.07, 6.45) is 0. The summed E-state index contributed by atoms with van der Waals surface area (Å²) >= 11 is 5.75. The molecule has 0 aliphatic heterocycles. The fourth-order valence-electron chi connectivity index (χ4n) is 1.79. The van der Waals surface area contributed by atoms with Crippen molar-refractivity contribution in [3.8, 4) is 0 Å². The first kappa shape index (κ1) is 16.4. The molecule has 1 amide bonds. The van der Waals surface area contributed by atoms with Gasteiger partial charge in [0.15, 0.2) is 0 Å². The van der Waals surface area contributed by atoms with Gasteiger partial charge in [0.2, 0.25) is 10.0 Å². The second-order valence-electron chi connectivity index (χ2n) is 4.60. The summed E-state index contributed by atoms with van der Waals surface area (Å²) in [6.45, 7) is 1.70. The average Bonchev–Trinajstić information content (AvgIpc) is 2.42. The Morgan fingerprint density at radius 3 is 2.55 bits per heavy atom. The Kier molecular flexibility index (Phi) is 4.50. The van der Waals surface area contributed by atoms with Crippen molar-refractivity contribution in [1.82, 2.24) is 0 Å². The molecular formula is C14H12ClFN2O3S. The molecule has 3 N–H and O–H groups in total. The lowest BCUT2D eigenvalue weighted by molar-refractivity contribution is 0.102. The Morgan fingerprint density at radius 2 is 1.91 bits per heavy atom. The van der Waals surface area contributed by atoms with Crippen LogP contribution in [0.1, 0.15) is 15.9 Å². The van der Waals surface area contributed by atoms with E-state index in [2.05, 4.69) is 5.32 Å². The standard InChI is InChI=1S/C14H12ClFN2O3S/c1-8-2-4-10(16)7-12(8)18-14(19)9-3-5-11(15)13(6-9)22(17,20)21/h2-7H,1H3,(H,18,19)(H2,17,20,21). The van der Waals surface area contributed by atoms with Gasteiger partial charge < -0.3 is 5.32 Å². The Morgan fingerprint density at radius 1 is 1.23 bits per heavy atom. The number of aryl methyl sites for hydroxylation is 1. The minimum atomic E-state index is -4.05. The van der Waals surface area contributed by atoms with Gasteiger partial charge in [-0.15, -0.1) is 0 Å². The maximum atomic E-state index is 13.2. The van der Waals surface area contributed by atoms with Gasteiger partial charge in [0.25, 0.3) is 5.91 Å². The van der Waals surface area contributed by atoms with Crippen LogP contribution in [0.4, 0.5) is 10.1 Å². The van der Waals surface area contributed by atoms with Crippen molar-refractivity contribution in [2.75, 3.05) is 5.32 Å². The van der Waals surface area contributed by atoms with E-state index in [1.807, 2.05) is 0 Å². The summed E-state index contributed by atoms with van der Waals surface area (Å²) < 4.78 is 36.0. The zero-order chi connectivity index (χ0) is 16.5. The van der Waals surface area contributed by atoms with Crippen LogP contribution in [0.15, 0.2) is 41.3 Å². The third kappa shape index (κ3) is 3.62. The van der Waals surface area contributed by atoms with E-state index in [1.54, 1.807) is 6.92 Å². The molecule has 0 radical (unpaired) electrons. The molecule has 2 aromatic carbocycles. The molecule has 116 valence electrons. The van der Waals surface area contributed by atoms with Crippen LogP contribution >= 0.6 is 11.6 Å². The van der Waals surface area contributed by atoms with Crippen LogP contribution in [0.2, 0.25) is 5.02 Å². The summed E-state index contributed by atoms with van der Waals surface area (Å²) in [5.41, 5.74) is 0.990. The maximum Gasteiger partial charge on any atom is 0.255 e. The molecule has 0 aliphatic carbocycles. The van der Waals surface area contributed by atoms with Crippen LogP contribution in [0.25, 0.3) is 0 Å². The van der Waals surface area contributed by atoms with E-state index in [0.717, 1.165) is 6.07 Å². The molecule has 0 saturated carbocycles. The van der Waals surface area contributed by atoms with Crippen molar-refractivity contribution < 1.29 is 17.6 Å². The average molecular weight is 343 g/mol. The first-order valence-corrected chi connectivity index (χ1v) is 8.01. The lowest BCUT2D eigenvalue weighted by Crippen LogP contribution is -2.16. The van der Waals surface area contributed by atoms with Crippen LogP contribution in [-0.4, -0.2) is 14.3 Å². The molecule has 0 aromatic heterocycles. The normalized spacial score (nSPS) is 11.3. The monoisotopic (exact) mass is 342 g/mol. The number of anilines is 1. The van der Waals surface area contributed by atoms with E-state index in [-0.39, 0.29) is 21.2 Å². The highest BCUT2D eigenvalue weighted by atomic mass is 35.5. The molecule has 5 nitrogen and oxygen atoms in total. The van der Waals surface area contributed by atoms with Crippen LogP contribution in [-0.2, 0) is 10.0 Å². The van der Waals surface area contributed by atoms with Gasteiger partial charge in [-0.2, -0.15) is 0 Å². The Bertz CT molecular complexity index is 853. The maximum absolute atomic E-state index is 13.2. The molecule has 0 unspecified atom stereocenters. The Balaban J connectivity index is 2.36. The van der Waals surface area contributed by atoms with Gasteiger partial charge in [0.05, 0.1) is 5.02 Å². The quantitative estimate of drug-likeness (QED) is 0.898. The highest BCUT2D eigenvalue weighted by Crippen LogP contribution is 2.23.